The highest BCUT2D eigenvalue weighted by Crippen LogP contribution is 2.34. The van der Waals surface area contributed by atoms with Gasteiger partial charge in [-0.2, -0.15) is 5.10 Å². The van der Waals surface area contributed by atoms with E-state index < -0.39 is 0 Å². The summed E-state index contributed by atoms with van der Waals surface area (Å²) in [5.74, 6) is 0.479. The smallest absolute Gasteiger partial charge is 0.153 e. The van der Waals surface area contributed by atoms with Gasteiger partial charge in [-0.25, -0.2) is 9.97 Å². The van der Waals surface area contributed by atoms with E-state index in [-0.39, 0.29) is 0 Å². The van der Waals surface area contributed by atoms with Crippen LogP contribution in [0.2, 0.25) is 0 Å². The molecular formula is C15H15N5. The molecular weight excluding hydrogens is 250 g/mol. The standard InChI is InChI=1S/C15H15N5/c1-9-3-4-11(5-10(9)2)13-14(19-20-15(13)16)12-6-17-8-18-7-12/h3-8H,1-2H3,(H3,16,19,20). The minimum atomic E-state index is 0.479. The van der Waals surface area contributed by atoms with Crippen LogP contribution in [0.5, 0.6) is 0 Å². The van der Waals surface area contributed by atoms with Crippen molar-refractivity contribution in [3.05, 3.63) is 48.0 Å². The van der Waals surface area contributed by atoms with Crippen molar-refractivity contribution in [3.8, 4) is 22.4 Å². The molecule has 0 unspecified atom stereocenters. The summed E-state index contributed by atoms with van der Waals surface area (Å²) in [6.07, 6.45) is 4.98. The molecule has 0 aliphatic heterocycles. The average Bonchev–Trinajstić information content (AvgIpc) is 2.85. The average molecular weight is 265 g/mol. The van der Waals surface area contributed by atoms with Gasteiger partial charge in [0, 0.05) is 18.0 Å². The van der Waals surface area contributed by atoms with Gasteiger partial charge >= 0.3 is 0 Å². The summed E-state index contributed by atoms with van der Waals surface area (Å²) in [6.45, 7) is 4.17. The van der Waals surface area contributed by atoms with Crippen molar-refractivity contribution in [1.82, 2.24) is 20.2 Å². The number of H-pyrrole nitrogens is 1. The lowest BCUT2D eigenvalue weighted by atomic mass is 9.98. The second-order valence-corrected chi connectivity index (χ2v) is 4.79. The monoisotopic (exact) mass is 265 g/mol. The molecule has 20 heavy (non-hydrogen) atoms. The van der Waals surface area contributed by atoms with Crippen LogP contribution in [0.15, 0.2) is 36.9 Å². The number of benzene rings is 1. The van der Waals surface area contributed by atoms with E-state index in [0.717, 1.165) is 22.4 Å². The van der Waals surface area contributed by atoms with Gasteiger partial charge in [-0.3, -0.25) is 5.10 Å². The van der Waals surface area contributed by atoms with E-state index in [1.165, 1.54) is 17.5 Å². The molecule has 2 aromatic heterocycles. The molecule has 0 radical (unpaired) electrons. The van der Waals surface area contributed by atoms with Crippen molar-refractivity contribution >= 4 is 5.82 Å². The molecule has 0 saturated carbocycles. The van der Waals surface area contributed by atoms with Gasteiger partial charge in [-0.1, -0.05) is 18.2 Å². The van der Waals surface area contributed by atoms with Gasteiger partial charge in [0.15, 0.2) is 5.82 Å². The number of nitrogens with one attached hydrogen (secondary N) is 1. The van der Waals surface area contributed by atoms with Gasteiger partial charge in [0.25, 0.3) is 0 Å². The Balaban J connectivity index is 2.19. The highest BCUT2D eigenvalue weighted by molar-refractivity contribution is 5.87. The summed E-state index contributed by atoms with van der Waals surface area (Å²) in [6, 6.07) is 6.25. The van der Waals surface area contributed by atoms with Gasteiger partial charge in [0.2, 0.25) is 0 Å². The SMILES string of the molecule is Cc1ccc(-c2c(N)n[nH]c2-c2cncnc2)cc1C. The highest BCUT2D eigenvalue weighted by Gasteiger charge is 2.15. The number of aromatic amines is 1. The van der Waals surface area contributed by atoms with E-state index >= 15 is 0 Å². The highest BCUT2D eigenvalue weighted by atomic mass is 15.2. The number of nitrogens with two attached hydrogens (primary N) is 1. The summed E-state index contributed by atoms with van der Waals surface area (Å²) < 4.78 is 0. The van der Waals surface area contributed by atoms with E-state index in [4.69, 9.17) is 5.73 Å². The fourth-order valence-electron chi connectivity index (χ4n) is 2.18. The Labute approximate surface area is 116 Å². The number of aryl methyl sites for hydroxylation is 2. The second-order valence-electron chi connectivity index (χ2n) is 4.79. The minimum absolute atomic E-state index is 0.479. The number of aromatic nitrogens is 4. The zero-order valence-corrected chi connectivity index (χ0v) is 11.4. The third-order valence-electron chi connectivity index (χ3n) is 3.44. The van der Waals surface area contributed by atoms with E-state index in [9.17, 15) is 0 Å². The summed E-state index contributed by atoms with van der Waals surface area (Å²) >= 11 is 0. The summed E-state index contributed by atoms with van der Waals surface area (Å²) in [7, 11) is 0. The van der Waals surface area contributed by atoms with Crippen LogP contribution >= 0.6 is 0 Å². The van der Waals surface area contributed by atoms with E-state index in [1.807, 2.05) is 0 Å². The first kappa shape index (κ1) is 12.3. The third kappa shape index (κ3) is 2.03. The molecule has 100 valence electrons. The van der Waals surface area contributed by atoms with Gasteiger partial charge < -0.3 is 5.73 Å². The Bertz CT molecular complexity index is 746. The van der Waals surface area contributed by atoms with Gasteiger partial charge in [-0.05, 0) is 30.5 Å². The molecule has 0 aliphatic rings. The van der Waals surface area contributed by atoms with E-state index in [2.05, 4.69) is 52.2 Å². The van der Waals surface area contributed by atoms with Crippen LogP contribution in [0.1, 0.15) is 11.1 Å². The molecule has 0 atom stereocenters. The predicted molar refractivity (Wildman–Crippen MR) is 78.9 cm³/mol. The van der Waals surface area contributed by atoms with Crippen molar-refractivity contribution in [2.45, 2.75) is 13.8 Å². The van der Waals surface area contributed by atoms with Crippen LogP contribution in [-0.2, 0) is 0 Å². The molecule has 0 amide bonds. The summed E-state index contributed by atoms with van der Waals surface area (Å²) in [4.78, 5) is 8.07. The van der Waals surface area contributed by atoms with Crippen molar-refractivity contribution in [2.75, 3.05) is 5.73 Å². The van der Waals surface area contributed by atoms with Crippen molar-refractivity contribution < 1.29 is 0 Å². The van der Waals surface area contributed by atoms with Crippen LogP contribution in [0, 0.1) is 13.8 Å². The maximum Gasteiger partial charge on any atom is 0.153 e. The predicted octanol–water partition coefficient (Wildman–Crippen LogP) is 2.73. The fraction of sp³-hybridized carbons (Fsp3) is 0.133. The molecule has 0 aliphatic carbocycles. The number of rotatable bonds is 2. The molecule has 3 rings (SSSR count). The van der Waals surface area contributed by atoms with Crippen molar-refractivity contribution in [2.24, 2.45) is 0 Å². The zero-order chi connectivity index (χ0) is 14.1. The van der Waals surface area contributed by atoms with Crippen LogP contribution in [0.25, 0.3) is 22.4 Å². The largest absolute Gasteiger partial charge is 0.382 e. The maximum absolute atomic E-state index is 6.02. The van der Waals surface area contributed by atoms with Crippen LogP contribution < -0.4 is 5.73 Å². The molecule has 0 fully saturated rings. The number of hydrogen-bond acceptors (Lipinski definition) is 4. The Kier molecular flexibility index (Phi) is 2.95. The van der Waals surface area contributed by atoms with Gasteiger partial charge in [0.05, 0.1) is 11.3 Å². The Morgan fingerprint density at radius 3 is 2.45 bits per heavy atom. The lowest BCUT2D eigenvalue weighted by Gasteiger charge is -2.07. The zero-order valence-electron chi connectivity index (χ0n) is 11.4. The van der Waals surface area contributed by atoms with E-state index in [0.29, 0.717) is 5.82 Å². The molecule has 0 saturated heterocycles. The Morgan fingerprint density at radius 1 is 1.00 bits per heavy atom. The summed E-state index contributed by atoms with van der Waals surface area (Å²) in [5.41, 5.74) is 12.1. The molecule has 2 heterocycles. The van der Waals surface area contributed by atoms with Crippen LogP contribution in [0.4, 0.5) is 5.82 Å². The molecule has 3 aromatic rings. The molecule has 5 nitrogen and oxygen atoms in total. The summed E-state index contributed by atoms with van der Waals surface area (Å²) in [5, 5.41) is 7.09. The molecule has 1 aromatic carbocycles. The minimum Gasteiger partial charge on any atom is -0.382 e. The van der Waals surface area contributed by atoms with Crippen LogP contribution in [0.3, 0.4) is 0 Å². The lowest BCUT2D eigenvalue weighted by molar-refractivity contribution is 1.09. The number of hydrogen-bond donors (Lipinski definition) is 2. The first-order valence-corrected chi connectivity index (χ1v) is 6.33. The third-order valence-corrected chi connectivity index (χ3v) is 3.44. The molecule has 3 N–H and O–H groups in total. The number of nitrogens with zero attached hydrogens (tertiary/aromatic N) is 3. The topological polar surface area (TPSA) is 80.5 Å². The molecule has 0 spiro atoms. The maximum atomic E-state index is 6.02. The van der Waals surface area contributed by atoms with Crippen molar-refractivity contribution in [1.29, 1.82) is 0 Å². The first-order valence-electron chi connectivity index (χ1n) is 6.33. The molecule has 0 bridgehead atoms. The normalized spacial score (nSPS) is 10.7. The Hall–Kier alpha value is -2.69. The first-order chi connectivity index (χ1) is 9.66. The number of anilines is 1. The second kappa shape index (κ2) is 4.77. The van der Waals surface area contributed by atoms with Gasteiger partial charge in [0.1, 0.15) is 6.33 Å². The fourth-order valence-corrected chi connectivity index (χ4v) is 2.18. The Morgan fingerprint density at radius 2 is 1.75 bits per heavy atom. The van der Waals surface area contributed by atoms with Crippen molar-refractivity contribution in [3.63, 3.8) is 0 Å². The molecule has 5 heteroatoms. The van der Waals surface area contributed by atoms with Gasteiger partial charge in [-0.15, -0.1) is 0 Å². The quantitative estimate of drug-likeness (QED) is 0.746. The van der Waals surface area contributed by atoms with E-state index in [1.54, 1.807) is 12.4 Å². The number of nitrogen functional groups attached to an aromatic ring is 1. The van der Waals surface area contributed by atoms with Crippen LogP contribution in [-0.4, -0.2) is 20.2 Å². The lowest BCUT2D eigenvalue weighted by Crippen LogP contribution is -1.91.